The molecule has 0 fully saturated rings. The van der Waals surface area contributed by atoms with Crippen molar-refractivity contribution < 1.29 is 9.53 Å². The number of nitrogens with zero attached hydrogens (tertiary/aromatic N) is 1. The van der Waals surface area contributed by atoms with E-state index in [2.05, 4.69) is 20.9 Å². The van der Waals surface area contributed by atoms with E-state index in [1.165, 1.54) is 6.20 Å². The Hall–Kier alpha value is -1.20. The highest BCUT2D eigenvalue weighted by molar-refractivity contribution is 9.10. The highest BCUT2D eigenvalue weighted by Crippen LogP contribution is 2.12. The molecule has 82 valence electrons. The molecule has 2 aromatic heterocycles. The van der Waals surface area contributed by atoms with Crippen LogP contribution in [0.2, 0.25) is 0 Å². The van der Waals surface area contributed by atoms with E-state index in [1.807, 2.05) is 17.5 Å². The van der Waals surface area contributed by atoms with E-state index in [4.69, 9.17) is 4.74 Å². The van der Waals surface area contributed by atoms with Gasteiger partial charge in [-0.15, -0.1) is 11.3 Å². The first-order valence-electron chi connectivity index (χ1n) is 4.57. The van der Waals surface area contributed by atoms with Gasteiger partial charge in [-0.1, -0.05) is 6.07 Å². The van der Waals surface area contributed by atoms with Gasteiger partial charge in [-0.05, 0) is 39.5 Å². The van der Waals surface area contributed by atoms with Gasteiger partial charge < -0.3 is 4.74 Å². The third-order valence-corrected chi connectivity index (χ3v) is 3.21. The molecule has 0 amide bonds. The fraction of sp³-hybridized carbons (Fsp3) is 0.0909. The molecule has 0 bridgehead atoms. The van der Waals surface area contributed by atoms with Crippen LogP contribution >= 0.6 is 27.3 Å². The normalized spacial score (nSPS) is 10.1. The van der Waals surface area contributed by atoms with E-state index < -0.39 is 0 Å². The molecule has 16 heavy (non-hydrogen) atoms. The molecule has 2 aromatic rings. The molecule has 0 unspecified atom stereocenters. The average Bonchev–Trinajstić information content (AvgIpc) is 2.80. The smallest absolute Gasteiger partial charge is 0.340 e. The Morgan fingerprint density at radius 3 is 2.94 bits per heavy atom. The molecule has 0 aliphatic rings. The SMILES string of the molecule is O=C(OCc1cccs1)c1ccc(Br)nc1. The van der Waals surface area contributed by atoms with Crippen molar-refractivity contribution in [3.05, 3.63) is 50.9 Å². The summed E-state index contributed by atoms with van der Waals surface area (Å²) in [7, 11) is 0. The van der Waals surface area contributed by atoms with Crippen LogP contribution in [0.1, 0.15) is 15.2 Å². The number of thiophene rings is 1. The van der Waals surface area contributed by atoms with Gasteiger partial charge in [0.15, 0.2) is 0 Å². The van der Waals surface area contributed by atoms with Gasteiger partial charge >= 0.3 is 5.97 Å². The van der Waals surface area contributed by atoms with E-state index in [0.717, 1.165) is 4.88 Å². The number of hydrogen-bond donors (Lipinski definition) is 0. The number of carbonyl (C=O) groups is 1. The van der Waals surface area contributed by atoms with Crippen LogP contribution in [0.4, 0.5) is 0 Å². The molecule has 0 saturated carbocycles. The highest BCUT2D eigenvalue weighted by Gasteiger charge is 2.07. The first-order valence-corrected chi connectivity index (χ1v) is 6.24. The van der Waals surface area contributed by atoms with Crippen LogP contribution in [-0.4, -0.2) is 11.0 Å². The number of ether oxygens (including phenoxy) is 1. The van der Waals surface area contributed by atoms with Crippen molar-refractivity contribution in [2.45, 2.75) is 6.61 Å². The second-order valence-electron chi connectivity index (χ2n) is 3.03. The van der Waals surface area contributed by atoms with Gasteiger partial charge in [-0.25, -0.2) is 9.78 Å². The largest absolute Gasteiger partial charge is 0.456 e. The maximum atomic E-state index is 11.6. The van der Waals surface area contributed by atoms with Crippen LogP contribution in [0.5, 0.6) is 0 Å². The summed E-state index contributed by atoms with van der Waals surface area (Å²) in [6, 6.07) is 7.24. The fourth-order valence-electron chi connectivity index (χ4n) is 1.11. The predicted octanol–water partition coefficient (Wildman–Crippen LogP) is 3.26. The molecule has 0 saturated heterocycles. The molecule has 5 heteroatoms. The predicted molar refractivity (Wildman–Crippen MR) is 65.4 cm³/mol. The van der Waals surface area contributed by atoms with Crippen molar-refractivity contribution in [3.8, 4) is 0 Å². The number of hydrogen-bond acceptors (Lipinski definition) is 4. The molecule has 0 aromatic carbocycles. The Labute approximate surface area is 105 Å². The number of esters is 1. The van der Waals surface area contributed by atoms with Crippen molar-refractivity contribution in [3.63, 3.8) is 0 Å². The van der Waals surface area contributed by atoms with E-state index in [1.54, 1.807) is 23.5 Å². The molecule has 0 spiro atoms. The summed E-state index contributed by atoms with van der Waals surface area (Å²) < 4.78 is 5.83. The summed E-state index contributed by atoms with van der Waals surface area (Å²) in [5.41, 5.74) is 0.458. The van der Waals surface area contributed by atoms with Gasteiger partial charge in [-0.3, -0.25) is 0 Å². The number of pyridine rings is 1. The minimum atomic E-state index is -0.353. The maximum Gasteiger partial charge on any atom is 0.340 e. The second-order valence-corrected chi connectivity index (χ2v) is 4.87. The van der Waals surface area contributed by atoms with Crippen LogP contribution < -0.4 is 0 Å². The Morgan fingerprint density at radius 1 is 1.44 bits per heavy atom. The van der Waals surface area contributed by atoms with Crippen LogP contribution in [0, 0.1) is 0 Å². The van der Waals surface area contributed by atoms with Crippen LogP contribution in [0.25, 0.3) is 0 Å². The summed E-state index contributed by atoms with van der Waals surface area (Å²) in [5, 5.41) is 1.95. The lowest BCUT2D eigenvalue weighted by atomic mass is 10.3. The van der Waals surface area contributed by atoms with Gasteiger partial charge in [0.1, 0.15) is 11.2 Å². The monoisotopic (exact) mass is 297 g/mol. The molecule has 2 heterocycles. The third-order valence-electron chi connectivity index (χ3n) is 1.89. The summed E-state index contributed by atoms with van der Waals surface area (Å²) in [4.78, 5) is 16.6. The summed E-state index contributed by atoms with van der Waals surface area (Å²) >= 11 is 4.77. The Bertz CT molecular complexity index is 467. The molecule has 0 aliphatic carbocycles. The van der Waals surface area contributed by atoms with Crippen molar-refractivity contribution in [2.75, 3.05) is 0 Å². The number of rotatable bonds is 3. The van der Waals surface area contributed by atoms with E-state index in [0.29, 0.717) is 16.8 Å². The average molecular weight is 298 g/mol. The lowest BCUT2D eigenvalue weighted by Gasteiger charge is -2.02. The molecule has 0 N–H and O–H groups in total. The Kier molecular flexibility index (Phi) is 3.69. The van der Waals surface area contributed by atoms with Gasteiger partial charge in [0.2, 0.25) is 0 Å². The zero-order chi connectivity index (χ0) is 11.4. The molecular weight excluding hydrogens is 290 g/mol. The van der Waals surface area contributed by atoms with Crippen molar-refractivity contribution >= 4 is 33.2 Å². The van der Waals surface area contributed by atoms with Gasteiger partial charge in [0, 0.05) is 11.1 Å². The van der Waals surface area contributed by atoms with Crippen LogP contribution in [0.15, 0.2) is 40.4 Å². The summed E-state index contributed by atoms with van der Waals surface area (Å²) in [5.74, 6) is -0.353. The standard InChI is InChI=1S/C11H8BrNO2S/c12-10-4-3-8(6-13-10)11(14)15-7-9-2-1-5-16-9/h1-6H,7H2. The number of aromatic nitrogens is 1. The van der Waals surface area contributed by atoms with Crippen molar-refractivity contribution in [1.29, 1.82) is 0 Å². The second kappa shape index (κ2) is 5.23. The lowest BCUT2D eigenvalue weighted by Crippen LogP contribution is -2.04. The number of carbonyl (C=O) groups excluding carboxylic acids is 1. The van der Waals surface area contributed by atoms with Crippen molar-refractivity contribution in [2.24, 2.45) is 0 Å². The van der Waals surface area contributed by atoms with E-state index in [9.17, 15) is 4.79 Å². The number of halogens is 1. The minimum absolute atomic E-state index is 0.312. The molecule has 0 radical (unpaired) electrons. The highest BCUT2D eigenvalue weighted by atomic mass is 79.9. The first kappa shape index (κ1) is 11.3. The van der Waals surface area contributed by atoms with Crippen LogP contribution in [0.3, 0.4) is 0 Å². The minimum Gasteiger partial charge on any atom is -0.456 e. The fourth-order valence-corrected chi connectivity index (χ4v) is 1.96. The molecule has 0 atom stereocenters. The Morgan fingerprint density at radius 2 is 2.31 bits per heavy atom. The molecular formula is C11H8BrNO2S. The molecule has 2 rings (SSSR count). The summed E-state index contributed by atoms with van der Waals surface area (Å²) in [6.45, 7) is 0.312. The molecule has 3 nitrogen and oxygen atoms in total. The quantitative estimate of drug-likeness (QED) is 0.645. The van der Waals surface area contributed by atoms with Gasteiger partial charge in [-0.2, -0.15) is 0 Å². The lowest BCUT2D eigenvalue weighted by molar-refractivity contribution is 0.0476. The third kappa shape index (κ3) is 2.90. The van der Waals surface area contributed by atoms with Gasteiger partial charge in [0.25, 0.3) is 0 Å². The first-order chi connectivity index (χ1) is 7.75. The van der Waals surface area contributed by atoms with E-state index in [-0.39, 0.29) is 5.97 Å². The topological polar surface area (TPSA) is 39.2 Å². The van der Waals surface area contributed by atoms with E-state index >= 15 is 0 Å². The maximum absolute atomic E-state index is 11.6. The Balaban J connectivity index is 1.95. The van der Waals surface area contributed by atoms with Crippen molar-refractivity contribution in [1.82, 2.24) is 4.98 Å². The molecule has 0 aliphatic heterocycles. The zero-order valence-corrected chi connectivity index (χ0v) is 10.6. The van der Waals surface area contributed by atoms with Gasteiger partial charge in [0.05, 0.1) is 5.56 Å². The zero-order valence-electron chi connectivity index (χ0n) is 8.22. The van der Waals surface area contributed by atoms with Crippen LogP contribution in [-0.2, 0) is 11.3 Å². The summed E-state index contributed by atoms with van der Waals surface area (Å²) in [6.07, 6.45) is 1.49.